The molecule has 5 heteroatoms. The lowest BCUT2D eigenvalue weighted by Gasteiger charge is -2.35. The zero-order valence-corrected chi connectivity index (χ0v) is 13.7. The zero-order valence-electron chi connectivity index (χ0n) is 12.1. The second-order valence-corrected chi connectivity index (χ2v) is 6.59. The maximum atomic E-state index is 12.2. The molecule has 1 heterocycles. The number of hydrogen-bond donors (Lipinski definition) is 1. The average Bonchev–Trinajstić information content (AvgIpc) is 2.45. The fraction of sp³-hybridized carbons (Fsp3) is 0.500. The van der Waals surface area contributed by atoms with E-state index in [0.717, 1.165) is 16.5 Å². The third-order valence-electron chi connectivity index (χ3n) is 4.12. The molecule has 2 atom stereocenters. The Hall–Kier alpha value is -1.36. The molecule has 1 amide bonds. The summed E-state index contributed by atoms with van der Waals surface area (Å²) in [5.41, 5.74) is 1.14. The van der Waals surface area contributed by atoms with Crippen LogP contribution in [-0.2, 0) is 16.0 Å². The molecule has 1 aliphatic rings. The molecule has 1 saturated heterocycles. The highest BCUT2D eigenvalue weighted by Crippen LogP contribution is 2.24. The monoisotopic (exact) mass is 353 g/mol. The second kappa shape index (κ2) is 7.07. The van der Waals surface area contributed by atoms with Crippen LogP contribution in [0, 0.1) is 11.8 Å². The summed E-state index contributed by atoms with van der Waals surface area (Å²) in [6.45, 7) is 3.02. The predicted molar refractivity (Wildman–Crippen MR) is 83.9 cm³/mol. The molecule has 1 aliphatic heterocycles. The number of likely N-dealkylation sites (tertiary alicyclic amines) is 1. The van der Waals surface area contributed by atoms with Gasteiger partial charge in [-0.05, 0) is 36.5 Å². The van der Waals surface area contributed by atoms with Crippen molar-refractivity contribution in [1.29, 1.82) is 0 Å². The number of carbonyl (C=O) groups is 2. The first kappa shape index (κ1) is 16.0. The van der Waals surface area contributed by atoms with E-state index in [1.54, 1.807) is 0 Å². The Labute approximate surface area is 133 Å². The quantitative estimate of drug-likeness (QED) is 0.905. The van der Waals surface area contributed by atoms with Gasteiger partial charge in [0.2, 0.25) is 5.91 Å². The van der Waals surface area contributed by atoms with Crippen molar-refractivity contribution < 1.29 is 14.7 Å². The van der Waals surface area contributed by atoms with Gasteiger partial charge in [-0.1, -0.05) is 35.0 Å². The SMILES string of the molecule is CC1CN(C(=O)CCc2ccc(Br)cc2)CCC1C(=O)O. The van der Waals surface area contributed by atoms with Gasteiger partial charge in [-0.2, -0.15) is 0 Å². The first-order chi connectivity index (χ1) is 9.97. The molecule has 0 aromatic heterocycles. The molecule has 1 fully saturated rings. The lowest BCUT2D eigenvalue weighted by Crippen LogP contribution is -2.45. The second-order valence-electron chi connectivity index (χ2n) is 5.68. The third-order valence-corrected chi connectivity index (χ3v) is 4.64. The van der Waals surface area contributed by atoms with Crippen LogP contribution in [0.3, 0.4) is 0 Å². The number of carboxylic acids is 1. The largest absolute Gasteiger partial charge is 0.481 e. The van der Waals surface area contributed by atoms with Crippen molar-refractivity contribution in [1.82, 2.24) is 4.90 Å². The highest BCUT2D eigenvalue weighted by atomic mass is 79.9. The van der Waals surface area contributed by atoms with Gasteiger partial charge in [0.1, 0.15) is 0 Å². The van der Waals surface area contributed by atoms with Crippen molar-refractivity contribution in [2.24, 2.45) is 11.8 Å². The van der Waals surface area contributed by atoms with Gasteiger partial charge in [0.25, 0.3) is 0 Å². The van der Waals surface area contributed by atoms with Gasteiger partial charge >= 0.3 is 5.97 Å². The molecule has 2 rings (SSSR count). The molecule has 4 nitrogen and oxygen atoms in total. The lowest BCUT2D eigenvalue weighted by atomic mass is 9.87. The Bertz CT molecular complexity index is 515. The van der Waals surface area contributed by atoms with Gasteiger partial charge in [0.15, 0.2) is 0 Å². The van der Waals surface area contributed by atoms with Gasteiger partial charge in [-0.25, -0.2) is 0 Å². The molecular formula is C16H20BrNO3. The van der Waals surface area contributed by atoms with Gasteiger partial charge in [-0.3, -0.25) is 9.59 Å². The molecule has 1 N–H and O–H groups in total. The molecule has 114 valence electrons. The summed E-state index contributed by atoms with van der Waals surface area (Å²) < 4.78 is 1.03. The summed E-state index contributed by atoms with van der Waals surface area (Å²) in [5, 5.41) is 9.10. The molecule has 0 bridgehead atoms. The van der Waals surface area contributed by atoms with Crippen molar-refractivity contribution in [3.63, 3.8) is 0 Å². The number of benzene rings is 1. The summed E-state index contributed by atoms with van der Waals surface area (Å²) in [4.78, 5) is 25.1. The van der Waals surface area contributed by atoms with Crippen LogP contribution in [0.2, 0.25) is 0 Å². The number of aryl methyl sites for hydroxylation is 1. The normalized spacial score (nSPS) is 22.1. The molecule has 0 saturated carbocycles. The minimum absolute atomic E-state index is 0.0212. The number of halogens is 1. The summed E-state index contributed by atoms with van der Waals surface area (Å²) in [6.07, 6.45) is 1.76. The number of amides is 1. The van der Waals surface area contributed by atoms with Crippen LogP contribution >= 0.6 is 15.9 Å². The van der Waals surface area contributed by atoms with E-state index in [1.807, 2.05) is 36.1 Å². The third kappa shape index (κ3) is 4.30. The molecule has 2 unspecified atom stereocenters. The molecule has 0 aliphatic carbocycles. The number of aliphatic carboxylic acids is 1. The number of piperidine rings is 1. The smallest absolute Gasteiger partial charge is 0.306 e. The van der Waals surface area contributed by atoms with Crippen LogP contribution < -0.4 is 0 Å². The van der Waals surface area contributed by atoms with Crippen molar-refractivity contribution in [3.8, 4) is 0 Å². The van der Waals surface area contributed by atoms with Gasteiger partial charge < -0.3 is 10.0 Å². The van der Waals surface area contributed by atoms with Crippen molar-refractivity contribution in [3.05, 3.63) is 34.3 Å². The molecular weight excluding hydrogens is 334 g/mol. The van der Waals surface area contributed by atoms with Crippen LogP contribution in [0.25, 0.3) is 0 Å². The fourth-order valence-electron chi connectivity index (χ4n) is 2.80. The Morgan fingerprint density at radius 1 is 1.33 bits per heavy atom. The number of hydrogen-bond acceptors (Lipinski definition) is 2. The number of rotatable bonds is 4. The summed E-state index contributed by atoms with van der Waals surface area (Å²) in [7, 11) is 0. The molecule has 0 radical (unpaired) electrons. The highest BCUT2D eigenvalue weighted by Gasteiger charge is 2.32. The minimum atomic E-state index is -0.746. The van der Waals surface area contributed by atoms with Gasteiger partial charge in [0.05, 0.1) is 5.92 Å². The van der Waals surface area contributed by atoms with E-state index in [-0.39, 0.29) is 17.7 Å². The fourth-order valence-corrected chi connectivity index (χ4v) is 3.06. The Kier molecular flexibility index (Phi) is 5.39. The predicted octanol–water partition coefficient (Wildman–Crippen LogP) is 2.95. The Balaban J connectivity index is 1.84. The van der Waals surface area contributed by atoms with Crippen molar-refractivity contribution in [2.45, 2.75) is 26.2 Å². The maximum absolute atomic E-state index is 12.2. The molecule has 0 spiro atoms. The van der Waals surface area contributed by atoms with E-state index in [1.165, 1.54) is 0 Å². The first-order valence-electron chi connectivity index (χ1n) is 7.22. The maximum Gasteiger partial charge on any atom is 0.306 e. The van der Waals surface area contributed by atoms with Crippen molar-refractivity contribution >= 4 is 27.8 Å². The minimum Gasteiger partial charge on any atom is -0.481 e. The van der Waals surface area contributed by atoms with Crippen LogP contribution in [0.15, 0.2) is 28.7 Å². The van der Waals surface area contributed by atoms with Crippen LogP contribution in [0.1, 0.15) is 25.3 Å². The topological polar surface area (TPSA) is 57.6 Å². The lowest BCUT2D eigenvalue weighted by molar-refractivity contribution is -0.148. The van der Waals surface area contributed by atoms with Crippen LogP contribution in [0.5, 0.6) is 0 Å². The Morgan fingerprint density at radius 2 is 2.00 bits per heavy atom. The van der Waals surface area contributed by atoms with Gasteiger partial charge in [-0.15, -0.1) is 0 Å². The molecule has 1 aromatic rings. The van der Waals surface area contributed by atoms with E-state index >= 15 is 0 Å². The standard InChI is InChI=1S/C16H20BrNO3/c1-11-10-18(9-8-14(11)16(20)21)15(19)7-4-12-2-5-13(17)6-3-12/h2-3,5-6,11,14H,4,7-10H2,1H3,(H,20,21). The van der Waals surface area contributed by atoms with E-state index in [4.69, 9.17) is 5.11 Å². The van der Waals surface area contributed by atoms with Crippen molar-refractivity contribution in [2.75, 3.05) is 13.1 Å². The summed E-state index contributed by atoms with van der Waals surface area (Å²) >= 11 is 3.39. The first-order valence-corrected chi connectivity index (χ1v) is 8.01. The molecule has 21 heavy (non-hydrogen) atoms. The number of nitrogens with zero attached hydrogens (tertiary/aromatic N) is 1. The van der Waals surface area contributed by atoms with E-state index < -0.39 is 5.97 Å². The van der Waals surface area contributed by atoms with E-state index in [9.17, 15) is 9.59 Å². The van der Waals surface area contributed by atoms with E-state index in [2.05, 4.69) is 15.9 Å². The zero-order chi connectivity index (χ0) is 15.4. The van der Waals surface area contributed by atoms with Crippen LogP contribution in [0.4, 0.5) is 0 Å². The summed E-state index contributed by atoms with van der Waals surface area (Å²) in [6, 6.07) is 7.97. The van der Waals surface area contributed by atoms with Crippen LogP contribution in [-0.4, -0.2) is 35.0 Å². The van der Waals surface area contributed by atoms with Gasteiger partial charge in [0, 0.05) is 24.0 Å². The average molecular weight is 354 g/mol. The summed E-state index contributed by atoms with van der Waals surface area (Å²) in [5.74, 6) is -0.925. The molecule has 1 aromatic carbocycles. The van der Waals surface area contributed by atoms with E-state index in [0.29, 0.717) is 25.9 Å². The highest BCUT2D eigenvalue weighted by molar-refractivity contribution is 9.10. The number of carboxylic acid groups (broad SMARTS) is 1. The number of carbonyl (C=O) groups excluding carboxylic acids is 1. The Morgan fingerprint density at radius 3 is 2.57 bits per heavy atom.